The van der Waals surface area contributed by atoms with Crippen LogP contribution in [0.2, 0.25) is 0 Å². The molecule has 0 aliphatic heterocycles. The van der Waals surface area contributed by atoms with E-state index in [2.05, 4.69) is 4.84 Å². The SMILES string of the molecule is O=NOC(=O)CCc1ccccc1F. The number of benzene rings is 1. The maximum atomic E-state index is 13.0. The lowest BCUT2D eigenvalue weighted by molar-refractivity contribution is -0.143. The summed E-state index contributed by atoms with van der Waals surface area (Å²) < 4.78 is 13.0. The number of halogens is 1. The van der Waals surface area contributed by atoms with Crippen LogP contribution in [0.15, 0.2) is 29.6 Å². The van der Waals surface area contributed by atoms with Crippen molar-refractivity contribution < 1.29 is 14.0 Å². The topological polar surface area (TPSA) is 55.7 Å². The van der Waals surface area contributed by atoms with Gasteiger partial charge < -0.3 is 0 Å². The Morgan fingerprint density at radius 2 is 2.14 bits per heavy atom. The average Bonchev–Trinajstić information content (AvgIpc) is 2.17. The van der Waals surface area contributed by atoms with Crippen molar-refractivity contribution in [2.75, 3.05) is 0 Å². The van der Waals surface area contributed by atoms with Crippen LogP contribution in [-0.4, -0.2) is 5.97 Å². The van der Waals surface area contributed by atoms with E-state index in [1.807, 2.05) is 5.34 Å². The molecule has 0 fully saturated rings. The Bertz CT molecular complexity index is 341. The quantitative estimate of drug-likeness (QED) is 0.547. The summed E-state index contributed by atoms with van der Waals surface area (Å²) in [7, 11) is 0. The Hall–Kier alpha value is -1.78. The minimum atomic E-state index is -0.761. The van der Waals surface area contributed by atoms with Crippen molar-refractivity contribution in [1.82, 2.24) is 0 Å². The maximum absolute atomic E-state index is 13.0. The van der Waals surface area contributed by atoms with Crippen LogP contribution in [0, 0.1) is 10.7 Å². The summed E-state index contributed by atoms with van der Waals surface area (Å²) in [6.45, 7) is 0. The van der Waals surface area contributed by atoms with Crippen molar-refractivity contribution in [2.24, 2.45) is 5.34 Å². The van der Waals surface area contributed by atoms with Crippen LogP contribution in [0.1, 0.15) is 12.0 Å². The van der Waals surface area contributed by atoms with Gasteiger partial charge in [-0.3, -0.25) is 4.84 Å². The minimum absolute atomic E-state index is 0.0628. The van der Waals surface area contributed by atoms with Crippen molar-refractivity contribution >= 4 is 5.97 Å². The zero-order chi connectivity index (χ0) is 10.4. The number of rotatable bonds is 4. The molecule has 0 saturated heterocycles. The highest BCUT2D eigenvalue weighted by molar-refractivity contribution is 5.69. The molecule has 0 saturated carbocycles. The molecule has 0 aliphatic carbocycles. The van der Waals surface area contributed by atoms with Crippen LogP contribution >= 0.6 is 0 Å². The summed E-state index contributed by atoms with van der Waals surface area (Å²) in [5, 5.41) is 1.98. The number of aryl methyl sites for hydroxylation is 1. The number of nitrogens with zero attached hydrogens (tertiary/aromatic N) is 1. The van der Waals surface area contributed by atoms with Gasteiger partial charge in [-0.2, -0.15) is 0 Å². The molecular weight excluding hydrogens is 189 g/mol. The zero-order valence-electron chi connectivity index (χ0n) is 7.27. The predicted octanol–water partition coefficient (Wildman–Crippen LogP) is 1.98. The number of carbonyl (C=O) groups is 1. The third-order valence-corrected chi connectivity index (χ3v) is 1.70. The Morgan fingerprint density at radius 3 is 2.79 bits per heavy atom. The molecule has 0 heterocycles. The smallest absolute Gasteiger partial charge is 0.285 e. The normalized spacial score (nSPS) is 9.50. The minimum Gasteiger partial charge on any atom is -0.285 e. The largest absolute Gasteiger partial charge is 0.338 e. The Labute approximate surface area is 79.6 Å². The molecule has 1 aromatic carbocycles. The molecule has 0 amide bonds. The van der Waals surface area contributed by atoms with Crippen molar-refractivity contribution in [3.63, 3.8) is 0 Å². The first-order valence-corrected chi connectivity index (χ1v) is 4.00. The maximum Gasteiger partial charge on any atom is 0.338 e. The first kappa shape index (κ1) is 10.3. The van der Waals surface area contributed by atoms with Crippen molar-refractivity contribution in [2.45, 2.75) is 12.8 Å². The van der Waals surface area contributed by atoms with E-state index in [1.54, 1.807) is 18.2 Å². The molecule has 0 unspecified atom stereocenters. The second kappa shape index (κ2) is 5.06. The van der Waals surface area contributed by atoms with Crippen molar-refractivity contribution in [1.29, 1.82) is 0 Å². The van der Waals surface area contributed by atoms with E-state index in [9.17, 15) is 14.1 Å². The second-order valence-corrected chi connectivity index (χ2v) is 2.63. The summed E-state index contributed by atoms with van der Waals surface area (Å²) in [5.74, 6) is -1.14. The summed E-state index contributed by atoms with van der Waals surface area (Å²) in [6, 6.07) is 6.10. The third-order valence-electron chi connectivity index (χ3n) is 1.70. The van der Waals surface area contributed by atoms with E-state index in [0.717, 1.165) is 0 Å². The van der Waals surface area contributed by atoms with E-state index in [-0.39, 0.29) is 18.7 Å². The number of hydrogen-bond donors (Lipinski definition) is 0. The van der Waals surface area contributed by atoms with Gasteiger partial charge >= 0.3 is 5.97 Å². The van der Waals surface area contributed by atoms with Gasteiger partial charge in [0.1, 0.15) is 5.82 Å². The monoisotopic (exact) mass is 197 g/mol. The van der Waals surface area contributed by atoms with E-state index in [0.29, 0.717) is 5.56 Å². The molecule has 0 bridgehead atoms. The van der Waals surface area contributed by atoms with Gasteiger partial charge in [0.2, 0.25) is 0 Å². The highest BCUT2D eigenvalue weighted by Gasteiger charge is 2.06. The number of carbonyl (C=O) groups excluding carboxylic acids is 1. The molecule has 0 spiro atoms. The van der Waals surface area contributed by atoms with Crippen LogP contribution in [0.4, 0.5) is 4.39 Å². The fourth-order valence-corrected chi connectivity index (χ4v) is 1.03. The zero-order valence-corrected chi connectivity index (χ0v) is 7.27. The predicted molar refractivity (Wildman–Crippen MR) is 46.6 cm³/mol. The van der Waals surface area contributed by atoms with Gasteiger partial charge in [-0.15, -0.1) is 4.91 Å². The van der Waals surface area contributed by atoms with E-state index in [4.69, 9.17) is 0 Å². The molecule has 14 heavy (non-hydrogen) atoms. The standard InChI is InChI=1S/C9H8FNO3/c10-8-4-2-1-3-7(8)5-6-9(12)14-11-13/h1-4H,5-6H2. The second-order valence-electron chi connectivity index (χ2n) is 2.63. The van der Waals surface area contributed by atoms with Gasteiger partial charge in [0.25, 0.3) is 0 Å². The molecule has 0 N–H and O–H groups in total. The Morgan fingerprint density at radius 1 is 1.43 bits per heavy atom. The Kier molecular flexibility index (Phi) is 3.72. The first-order chi connectivity index (χ1) is 6.74. The van der Waals surface area contributed by atoms with Crippen LogP contribution in [0.5, 0.6) is 0 Å². The molecule has 5 heteroatoms. The fraction of sp³-hybridized carbons (Fsp3) is 0.222. The lowest BCUT2D eigenvalue weighted by atomic mass is 10.1. The summed E-state index contributed by atoms with van der Waals surface area (Å²) in [5.41, 5.74) is 0.412. The van der Waals surface area contributed by atoms with Crippen LogP contribution in [0.25, 0.3) is 0 Å². The van der Waals surface area contributed by atoms with Gasteiger partial charge in [0.15, 0.2) is 5.34 Å². The molecule has 1 aromatic rings. The molecular formula is C9H8FNO3. The van der Waals surface area contributed by atoms with Crippen molar-refractivity contribution in [3.05, 3.63) is 40.6 Å². The van der Waals surface area contributed by atoms with Crippen LogP contribution in [-0.2, 0) is 16.1 Å². The molecule has 1 rings (SSSR count). The molecule has 0 aromatic heterocycles. The van der Waals surface area contributed by atoms with Crippen molar-refractivity contribution in [3.8, 4) is 0 Å². The van der Waals surface area contributed by atoms with E-state index < -0.39 is 5.97 Å². The third kappa shape index (κ3) is 2.93. The lowest BCUT2D eigenvalue weighted by Crippen LogP contribution is -2.02. The van der Waals surface area contributed by atoms with E-state index >= 15 is 0 Å². The van der Waals surface area contributed by atoms with Gasteiger partial charge in [0.05, 0.1) is 6.42 Å². The Balaban J connectivity index is 2.49. The molecule has 0 atom stereocenters. The molecule has 0 radical (unpaired) electrons. The summed E-state index contributed by atoms with van der Waals surface area (Å²) in [6.07, 6.45) is 0.133. The van der Waals surface area contributed by atoms with Gasteiger partial charge in [-0.05, 0) is 18.1 Å². The first-order valence-electron chi connectivity index (χ1n) is 4.00. The molecule has 4 nitrogen and oxygen atoms in total. The summed E-state index contributed by atoms with van der Waals surface area (Å²) >= 11 is 0. The lowest BCUT2D eigenvalue weighted by Gasteiger charge is -1.99. The fourth-order valence-electron chi connectivity index (χ4n) is 1.03. The van der Waals surface area contributed by atoms with E-state index in [1.165, 1.54) is 6.07 Å². The van der Waals surface area contributed by atoms with Crippen LogP contribution in [0.3, 0.4) is 0 Å². The molecule has 74 valence electrons. The average molecular weight is 197 g/mol. The van der Waals surface area contributed by atoms with Gasteiger partial charge in [-0.25, -0.2) is 9.18 Å². The molecule has 0 aliphatic rings. The number of hydrogen-bond acceptors (Lipinski definition) is 4. The highest BCUT2D eigenvalue weighted by atomic mass is 19.1. The summed E-state index contributed by atoms with van der Waals surface area (Å²) in [4.78, 5) is 24.0. The van der Waals surface area contributed by atoms with Gasteiger partial charge in [0, 0.05) is 0 Å². The van der Waals surface area contributed by atoms with Gasteiger partial charge in [-0.1, -0.05) is 18.2 Å². The van der Waals surface area contributed by atoms with Crippen LogP contribution < -0.4 is 0 Å². The highest BCUT2D eigenvalue weighted by Crippen LogP contribution is 2.09.